The molecule has 0 N–H and O–H groups in total. The lowest BCUT2D eigenvalue weighted by Crippen LogP contribution is -2.29. The first-order valence-electron chi connectivity index (χ1n) is 9.72. The minimum Gasteiger partial charge on any atom is -0.497 e. The second kappa shape index (κ2) is 15.3. The summed E-state index contributed by atoms with van der Waals surface area (Å²) < 4.78 is 16.2. The Labute approximate surface area is 209 Å². The molecular formula is C23H27Cl4NO4. The second-order valence-electron chi connectivity index (χ2n) is 6.48. The number of methoxy groups -OCH3 is 2. The lowest BCUT2D eigenvalue weighted by atomic mass is 10.1. The van der Waals surface area contributed by atoms with E-state index in [-0.39, 0.29) is 17.8 Å². The molecule has 9 heteroatoms. The maximum Gasteiger partial charge on any atom is 0.193 e. The summed E-state index contributed by atoms with van der Waals surface area (Å²) in [6.07, 6.45) is 0. The fourth-order valence-electron chi connectivity index (χ4n) is 2.87. The van der Waals surface area contributed by atoms with E-state index in [4.69, 9.17) is 48.7 Å². The maximum atomic E-state index is 12.2. The van der Waals surface area contributed by atoms with Gasteiger partial charge in [-0.2, -0.15) is 0 Å². The predicted molar refractivity (Wildman–Crippen MR) is 137 cm³/mol. The van der Waals surface area contributed by atoms with Gasteiger partial charge in [-0.05, 0) is 24.3 Å². The van der Waals surface area contributed by atoms with Crippen molar-refractivity contribution in [2.75, 3.05) is 51.5 Å². The molecule has 0 fully saturated rings. The summed E-state index contributed by atoms with van der Waals surface area (Å²) in [5.41, 5.74) is 1.20. The van der Waals surface area contributed by atoms with E-state index >= 15 is 0 Å². The molecule has 32 heavy (non-hydrogen) atoms. The summed E-state index contributed by atoms with van der Waals surface area (Å²) in [6.45, 7) is 2.63. The van der Waals surface area contributed by atoms with Gasteiger partial charge < -0.3 is 13.9 Å². The zero-order chi connectivity index (χ0) is 22.6. The number of nitrogens with zero attached hydrogens (tertiary/aromatic N) is 1. The standard InChI is InChI=1S/C17H14O4.C6H12Cl3N.ClH/c1-19-12-5-3-4-11(8-12)16-10-15(18)14-7-6-13(20-2)9-17(14)21-16;7-1-4-10(5-2-8)6-3-9;/h3-10H,1-2H3;1-6H2;1H. The Morgan fingerprint density at radius 2 is 1.44 bits per heavy atom. The quantitative estimate of drug-likeness (QED) is 0.327. The van der Waals surface area contributed by atoms with E-state index in [2.05, 4.69) is 4.90 Å². The van der Waals surface area contributed by atoms with Gasteiger partial charge in [0.15, 0.2) is 5.43 Å². The van der Waals surface area contributed by atoms with E-state index in [9.17, 15) is 4.79 Å². The molecule has 0 unspecified atom stereocenters. The van der Waals surface area contributed by atoms with Gasteiger partial charge in [0, 0.05) is 55.0 Å². The van der Waals surface area contributed by atoms with Gasteiger partial charge >= 0.3 is 0 Å². The largest absolute Gasteiger partial charge is 0.497 e. The van der Waals surface area contributed by atoms with Crippen LogP contribution in [0.25, 0.3) is 22.3 Å². The van der Waals surface area contributed by atoms with E-state index in [1.165, 1.54) is 6.07 Å². The highest BCUT2D eigenvalue weighted by molar-refractivity contribution is 6.18. The average Bonchev–Trinajstić information content (AvgIpc) is 2.79. The SMILES string of the molecule is COc1cccc(-c2cc(=O)c3ccc(OC)cc3o2)c1.Cl.ClCCN(CCCl)CCCl. The average molecular weight is 523 g/mol. The van der Waals surface area contributed by atoms with Crippen LogP contribution in [0.1, 0.15) is 0 Å². The van der Waals surface area contributed by atoms with E-state index in [1.54, 1.807) is 32.4 Å². The Morgan fingerprint density at radius 3 is 2.00 bits per heavy atom. The highest BCUT2D eigenvalue weighted by Gasteiger charge is 2.08. The minimum atomic E-state index is -0.0864. The Morgan fingerprint density at radius 1 is 0.844 bits per heavy atom. The molecule has 0 spiro atoms. The first-order chi connectivity index (χ1) is 15.1. The molecule has 0 aliphatic rings. The normalized spacial score (nSPS) is 10.3. The van der Waals surface area contributed by atoms with Gasteiger partial charge in [0.1, 0.15) is 22.8 Å². The van der Waals surface area contributed by atoms with E-state index in [0.717, 1.165) is 25.2 Å². The third kappa shape index (κ3) is 8.38. The molecule has 0 saturated heterocycles. The Kier molecular flexibility index (Phi) is 13.5. The fourth-order valence-corrected chi connectivity index (χ4v) is 3.59. The molecule has 3 rings (SSSR count). The number of rotatable bonds is 9. The number of halogens is 4. The molecule has 0 aliphatic carbocycles. The minimum absolute atomic E-state index is 0. The summed E-state index contributed by atoms with van der Waals surface area (Å²) in [5, 5.41) is 0.530. The van der Waals surface area contributed by atoms with Gasteiger partial charge in [-0.3, -0.25) is 9.69 Å². The van der Waals surface area contributed by atoms with Crippen LogP contribution in [0.2, 0.25) is 0 Å². The lowest BCUT2D eigenvalue weighted by molar-refractivity contribution is 0.327. The van der Waals surface area contributed by atoms with Crippen LogP contribution < -0.4 is 14.9 Å². The third-order valence-electron chi connectivity index (χ3n) is 4.49. The van der Waals surface area contributed by atoms with Crippen molar-refractivity contribution >= 4 is 58.2 Å². The molecule has 0 amide bonds. The number of benzene rings is 2. The van der Waals surface area contributed by atoms with Crippen molar-refractivity contribution < 1.29 is 13.9 Å². The van der Waals surface area contributed by atoms with Gasteiger partial charge in [-0.15, -0.1) is 47.2 Å². The first kappa shape index (κ1) is 28.4. The second-order valence-corrected chi connectivity index (χ2v) is 7.61. The van der Waals surface area contributed by atoms with Crippen LogP contribution in [0.4, 0.5) is 0 Å². The van der Waals surface area contributed by atoms with Gasteiger partial charge in [-0.25, -0.2) is 0 Å². The summed E-state index contributed by atoms with van der Waals surface area (Å²) in [7, 11) is 3.17. The number of alkyl halides is 3. The van der Waals surface area contributed by atoms with Gasteiger partial charge in [0.2, 0.25) is 0 Å². The van der Waals surface area contributed by atoms with Crippen LogP contribution in [0.5, 0.6) is 11.5 Å². The monoisotopic (exact) mass is 521 g/mol. The molecule has 0 aliphatic heterocycles. The molecule has 1 aromatic heterocycles. The van der Waals surface area contributed by atoms with Gasteiger partial charge in [0.25, 0.3) is 0 Å². The first-order valence-corrected chi connectivity index (χ1v) is 11.3. The van der Waals surface area contributed by atoms with Crippen molar-refractivity contribution in [2.45, 2.75) is 0 Å². The zero-order valence-corrected chi connectivity index (χ0v) is 21.1. The summed E-state index contributed by atoms with van der Waals surface area (Å²) in [5.74, 6) is 3.80. The van der Waals surface area contributed by atoms with E-state index in [0.29, 0.717) is 45.9 Å². The number of ether oxygens (including phenoxy) is 2. The van der Waals surface area contributed by atoms with Crippen molar-refractivity contribution in [2.24, 2.45) is 0 Å². The van der Waals surface area contributed by atoms with E-state index in [1.807, 2.05) is 24.3 Å². The third-order valence-corrected chi connectivity index (χ3v) is 5.00. The Hall–Kier alpha value is -1.63. The number of fused-ring (bicyclic) bond motifs is 1. The van der Waals surface area contributed by atoms with Crippen LogP contribution >= 0.6 is 47.2 Å². The molecular weight excluding hydrogens is 496 g/mol. The van der Waals surface area contributed by atoms with Crippen molar-refractivity contribution in [1.29, 1.82) is 0 Å². The number of hydrogen-bond donors (Lipinski definition) is 0. The fraction of sp³-hybridized carbons (Fsp3) is 0.348. The van der Waals surface area contributed by atoms with Crippen molar-refractivity contribution in [3.05, 3.63) is 58.8 Å². The topological polar surface area (TPSA) is 51.9 Å². The number of hydrogen-bond acceptors (Lipinski definition) is 5. The Balaban J connectivity index is 0.000000400. The molecule has 5 nitrogen and oxygen atoms in total. The summed E-state index contributed by atoms with van der Waals surface area (Å²) in [6, 6.07) is 14.0. The molecule has 0 saturated carbocycles. The molecule has 1 heterocycles. The highest BCUT2D eigenvalue weighted by Crippen LogP contribution is 2.27. The Bertz CT molecular complexity index is 998. The maximum absolute atomic E-state index is 12.2. The summed E-state index contributed by atoms with van der Waals surface area (Å²) in [4.78, 5) is 14.3. The van der Waals surface area contributed by atoms with Crippen LogP contribution in [-0.4, -0.2) is 56.4 Å². The van der Waals surface area contributed by atoms with Crippen molar-refractivity contribution in [1.82, 2.24) is 4.90 Å². The molecule has 0 atom stereocenters. The van der Waals surface area contributed by atoms with E-state index < -0.39 is 0 Å². The predicted octanol–water partition coefficient (Wildman–Crippen LogP) is 5.90. The molecule has 176 valence electrons. The lowest BCUT2D eigenvalue weighted by Gasteiger charge is -2.17. The van der Waals surface area contributed by atoms with Crippen LogP contribution in [-0.2, 0) is 0 Å². The molecule has 0 radical (unpaired) electrons. The summed E-state index contributed by atoms with van der Waals surface area (Å²) >= 11 is 16.6. The van der Waals surface area contributed by atoms with Gasteiger partial charge in [0.05, 0.1) is 19.6 Å². The van der Waals surface area contributed by atoms with Crippen molar-refractivity contribution in [3.63, 3.8) is 0 Å². The zero-order valence-electron chi connectivity index (χ0n) is 18.0. The van der Waals surface area contributed by atoms with Crippen LogP contribution in [0.15, 0.2) is 57.7 Å². The van der Waals surface area contributed by atoms with Crippen LogP contribution in [0.3, 0.4) is 0 Å². The smallest absolute Gasteiger partial charge is 0.193 e. The molecule has 0 bridgehead atoms. The van der Waals surface area contributed by atoms with Crippen LogP contribution in [0, 0.1) is 0 Å². The van der Waals surface area contributed by atoms with Crippen molar-refractivity contribution in [3.8, 4) is 22.8 Å². The highest BCUT2D eigenvalue weighted by atomic mass is 35.5. The molecule has 2 aromatic carbocycles. The van der Waals surface area contributed by atoms with Gasteiger partial charge in [-0.1, -0.05) is 12.1 Å². The molecule has 3 aromatic rings.